The van der Waals surface area contributed by atoms with E-state index in [2.05, 4.69) is 29.0 Å². The molecule has 2 aromatic heterocycles. The summed E-state index contributed by atoms with van der Waals surface area (Å²) < 4.78 is 5.52. The van der Waals surface area contributed by atoms with Crippen LogP contribution in [0.25, 0.3) is 11.2 Å². The average Bonchev–Trinajstić information content (AvgIpc) is 3.15. The third kappa shape index (κ3) is 9.01. The molecule has 2 rings (SSSR count). The average molecular weight is 387 g/mol. The first-order valence-electron chi connectivity index (χ1n) is 11.4. The zero-order valence-corrected chi connectivity index (χ0v) is 17.6. The van der Waals surface area contributed by atoms with Crippen molar-refractivity contribution in [3.8, 4) is 0 Å². The van der Waals surface area contributed by atoms with Gasteiger partial charge in [0.1, 0.15) is 11.6 Å². The summed E-state index contributed by atoms with van der Waals surface area (Å²) in [4.78, 5) is 8.43. The molecule has 0 radical (unpaired) electrons. The Hall–Kier alpha value is -1.68. The number of hydrogen-bond donors (Lipinski definition) is 1. The molecule has 4 heteroatoms. The summed E-state index contributed by atoms with van der Waals surface area (Å²) in [5, 5.41) is 10.2. The molecule has 28 heavy (non-hydrogen) atoms. The van der Waals surface area contributed by atoms with Gasteiger partial charge in [0.05, 0.1) is 0 Å². The molecule has 2 aromatic rings. The van der Waals surface area contributed by atoms with E-state index in [-0.39, 0.29) is 0 Å². The lowest BCUT2D eigenvalue weighted by atomic mass is 10.1. The lowest BCUT2D eigenvalue weighted by molar-refractivity contribution is 0.132. The molecule has 0 aromatic carbocycles. The van der Waals surface area contributed by atoms with Crippen LogP contribution in [0, 0.1) is 0 Å². The molecule has 0 amide bonds. The zero-order valence-electron chi connectivity index (χ0n) is 17.6. The molecule has 0 aliphatic rings. The molecule has 0 bridgehead atoms. The number of oxazole rings is 1. The van der Waals surface area contributed by atoms with Crippen LogP contribution in [0.3, 0.4) is 0 Å². The van der Waals surface area contributed by atoms with Gasteiger partial charge in [0, 0.05) is 6.20 Å². The van der Waals surface area contributed by atoms with Crippen molar-refractivity contribution in [3.63, 3.8) is 0 Å². The molecule has 0 aliphatic carbocycles. The Morgan fingerprint density at radius 3 is 2.25 bits per heavy atom. The van der Waals surface area contributed by atoms with Gasteiger partial charge in [-0.15, -0.1) is 0 Å². The highest BCUT2D eigenvalue weighted by Crippen LogP contribution is 2.22. The normalized spacial score (nSPS) is 12.9. The summed E-state index contributed by atoms with van der Waals surface area (Å²) in [6.07, 6.45) is 23.1. The van der Waals surface area contributed by atoms with Crippen molar-refractivity contribution in [2.75, 3.05) is 0 Å². The summed E-state index contributed by atoms with van der Waals surface area (Å²) in [5.41, 5.74) is 1.21. The topological polar surface area (TPSA) is 59.2 Å². The molecule has 0 aliphatic heterocycles. The van der Waals surface area contributed by atoms with Gasteiger partial charge in [0.2, 0.25) is 11.6 Å². The van der Waals surface area contributed by atoms with Crippen LogP contribution in [0.2, 0.25) is 0 Å². The largest absolute Gasteiger partial charge is 0.419 e. The van der Waals surface area contributed by atoms with Gasteiger partial charge >= 0.3 is 0 Å². The van der Waals surface area contributed by atoms with Gasteiger partial charge in [-0.25, -0.2) is 9.97 Å². The van der Waals surface area contributed by atoms with Crippen LogP contribution in [-0.4, -0.2) is 15.1 Å². The fraction of sp³-hybridized carbons (Fsp3) is 0.667. The standard InChI is InChI=1S/C24H38N2O2/c1-2-3-4-5-6-7-8-9-10-11-12-13-14-15-16-19-22(27)24-26-21-18-17-20-25-23(21)28-24/h9-10,17-18,20,22,27H,2-8,11-16,19H2,1H3/b10-9-. The smallest absolute Gasteiger partial charge is 0.247 e. The van der Waals surface area contributed by atoms with Crippen molar-refractivity contribution in [3.05, 3.63) is 36.4 Å². The molecule has 0 saturated carbocycles. The van der Waals surface area contributed by atoms with E-state index in [4.69, 9.17) is 4.42 Å². The Kier molecular flexibility index (Phi) is 11.6. The molecule has 1 N–H and O–H groups in total. The van der Waals surface area contributed by atoms with E-state index in [1.165, 1.54) is 70.6 Å². The van der Waals surface area contributed by atoms with E-state index in [1.54, 1.807) is 6.20 Å². The molecule has 0 fully saturated rings. The van der Waals surface area contributed by atoms with E-state index in [9.17, 15) is 5.11 Å². The summed E-state index contributed by atoms with van der Waals surface area (Å²) in [7, 11) is 0. The highest BCUT2D eigenvalue weighted by Gasteiger charge is 2.15. The Morgan fingerprint density at radius 1 is 0.929 bits per heavy atom. The number of unbranched alkanes of at least 4 members (excludes halogenated alkanes) is 11. The van der Waals surface area contributed by atoms with Crippen molar-refractivity contribution in [1.82, 2.24) is 9.97 Å². The maximum absolute atomic E-state index is 10.2. The van der Waals surface area contributed by atoms with Crippen LogP contribution in [0.5, 0.6) is 0 Å². The molecule has 0 saturated heterocycles. The minimum Gasteiger partial charge on any atom is -0.419 e. The summed E-state index contributed by atoms with van der Waals surface area (Å²) in [6.45, 7) is 2.27. The molecule has 1 unspecified atom stereocenters. The number of fused-ring (bicyclic) bond motifs is 1. The Labute approximate surface area is 170 Å². The zero-order chi connectivity index (χ0) is 19.9. The number of pyridine rings is 1. The first kappa shape index (κ1) is 22.6. The van der Waals surface area contributed by atoms with Crippen LogP contribution in [-0.2, 0) is 0 Å². The van der Waals surface area contributed by atoms with Crippen molar-refractivity contribution in [2.24, 2.45) is 0 Å². The third-order valence-electron chi connectivity index (χ3n) is 5.21. The lowest BCUT2D eigenvalue weighted by Gasteiger charge is -2.05. The maximum atomic E-state index is 10.2. The van der Waals surface area contributed by atoms with Gasteiger partial charge in [0.25, 0.3) is 0 Å². The fourth-order valence-electron chi connectivity index (χ4n) is 3.46. The highest BCUT2D eigenvalue weighted by molar-refractivity contribution is 5.67. The lowest BCUT2D eigenvalue weighted by Crippen LogP contribution is -1.97. The van der Waals surface area contributed by atoms with Crippen molar-refractivity contribution < 1.29 is 9.52 Å². The predicted molar refractivity (Wildman–Crippen MR) is 116 cm³/mol. The highest BCUT2D eigenvalue weighted by atomic mass is 16.4. The van der Waals surface area contributed by atoms with Gasteiger partial charge in [-0.2, -0.15) is 0 Å². The number of aliphatic hydroxyl groups is 1. The second-order valence-corrected chi connectivity index (χ2v) is 7.77. The number of allylic oxidation sites excluding steroid dienone is 2. The van der Waals surface area contributed by atoms with E-state index in [1.807, 2.05) is 12.1 Å². The quantitative estimate of drug-likeness (QED) is 0.243. The molecular formula is C24H38N2O2. The van der Waals surface area contributed by atoms with Gasteiger partial charge in [0.15, 0.2) is 0 Å². The van der Waals surface area contributed by atoms with Gasteiger partial charge in [-0.1, -0.05) is 76.9 Å². The number of aromatic nitrogens is 2. The van der Waals surface area contributed by atoms with E-state index >= 15 is 0 Å². The first-order valence-corrected chi connectivity index (χ1v) is 11.4. The molecular weight excluding hydrogens is 348 g/mol. The molecule has 156 valence electrons. The van der Waals surface area contributed by atoms with E-state index in [0.29, 0.717) is 23.5 Å². The predicted octanol–water partition coefficient (Wildman–Crippen LogP) is 7.29. The molecule has 1 atom stereocenters. The van der Waals surface area contributed by atoms with E-state index < -0.39 is 6.10 Å². The molecule has 4 nitrogen and oxygen atoms in total. The second-order valence-electron chi connectivity index (χ2n) is 7.77. The van der Waals surface area contributed by atoms with E-state index in [0.717, 1.165) is 12.8 Å². The molecule has 0 spiro atoms. The SMILES string of the molecule is CCCCCCCC/C=C\CCCCCCCC(O)c1nc2cccnc2o1. The van der Waals surface area contributed by atoms with Crippen molar-refractivity contribution in [2.45, 2.75) is 103 Å². The number of aliphatic hydroxyl groups excluding tert-OH is 1. The monoisotopic (exact) mass is 386 g/mol. The fourth-order valence-corrected chi connectivity index (χ4v) is 3.46. The van der Waals surface area contributed by atoms with Crippen LogP contribution >= 0.6 is 0 Å². The third-order valence-corrected chi connectivity index (χ3v) is 5.21. The van der Waals surface area contributed by atoms with Gasteiger partial charge in [-0.3, -0.25) is 0 Å². The van der Waals surface area contributed by atoms with Crippen molar-refractivity contribution in [1.29, 1.82) is 0 Å². The number of rotatable bonds is 16. The summed E-state index contributed by atoms with van der Waals surface area (Å²) >= 11 is 0. The molecule has 2 heterocycles. The Balaban J connectivity index is 1.41. The van der Waals surface area contributed by atoms with Crippen LogP contribution in [0.1, 0.15) is 109 Å². The van der Waals surface area contributed by atoms with Crippen LogP contribution < -0.4 is 0 Å². The Morgan fingerprint density at radius 2 is 1.57 bits per heavy atom. The summed E-state index contributed by atoms with van der Waals surface area (Å²) in [6, 6.07) is 3.68. The van der Waals surface area contributed by atoms with Gasteiger partial charge < -0.3 is 9.52 Å². The first-order chi connectivity index (χ1) is 13.8. The number of nitrogens with zero attached hydrogens (tertiary/aromatic N) is 2. The van der Waals surface area contributed by atoms with Gasteiger partial charge in [-0.05, 0) is 44.2 Å². The van der Waals surface area contributed by atoms with Crippen LogP contribution in [0.15, 0.2) is 34.9 Å². The maximum Gasteiger partial charge on any atom is 0.247 e. The summed E-state index contributed by atoms with van der Waals surface area (Å²) in [5.74, 6) is 0.393. The Bertz CT molecular complexity index is 632. The van der Waals surface area contributed by atoms with Crippen molar-refractivity contribution >= 4 is 11.2 Å². The minimum absolute atomic E-state index is 0.393. The second kappa shape index (κ2) is 14.3. The minimum atomic E-state index is -0.626. The van der Waals surface area contributed by atoms with Crippen LogP contribution in [0.4, 0.5) is 0 Å². The number of hydrogen-bond acceptors (Lipinski definition) is 4.